The van der Waals surface area contributed by atoms with Crippen molar-refractivity contribution in [2.45, 2.75) is 95.8 Å². The lowest BCUT2D eigenvalue weighted by atomic mass is 9.89. The Morgan fingerprint density at radius 2 is 0.473 bits per heavy atom. The van der Waals surface area contributed by atoms with Gasteiger partial charge in [-0.15, -0.1) is 0 Å². The zero-order valence-electron chi connectivity index (χ0n) is 23.7. The Balaban J connectivity index is 6.60. The van der Waals surface area contributed by atoms with Crippen LogP contribution < -0.4 is 0 Å². The predicted octanol–water partition coefficient (Wildman–Crippen LogP) is 9.69. The minimum absolute atomic E-state index is 2.25. The monoisotopic (exact) mass is 926 g/mol. The van der Waals surface area contributed by atoms with Crippen LogP contribution in [-0.2, 0) is 18.8 Å². The predicted molar refractivity (Wildman–Crippen MR) is 102 cm³/mol. The van der Waals surface area contributed by atoms with Crippen LogP contribution in [0.1, 0.15) is 0 Å². The van der Waals surface area contributed by atoms with Crippen LogP contribution in [0, 0.1) is 0 Å². The van der Waals surface area contributed by atoms with Crippen molar-refractivity contribution in [3.8, 4) is 0 Å². The molecule has 0 aromatic rings. The summed E-state index contributed by atoms with van der Waals surface area (Å²) < 4.78 is 451. The van der Waals surface area contributed by atoms with Crippen LogP contribution in [0.2, 0.25) is 0 Å². The van der Waals surface area contributed by atoms with Crippen LogP contribution in [0.15, 0.2) is 0 Å². The van der Waals surface area contributed by atoms with Gasteiger partial charge in [-0.1, -0.05) is 0 Å². The highest BCUT2D eigenvalue weighted by Crippen LogP contribution is 2.64. The summed E-state index contributed by atoms with van der Waals surface area (Å²) in [6.45, 7) is -9.17. The number of alkyl halides is 32. The van der Waals surface area contributed by atoms with Gasteiger partial charge >= 0.3 is 106 Å². The number of hydrogen-bond donors (Lipinski definition) is 0. The molecule has 0 N–H and O–H groups in total. The van der Waals surface area contributed by atoms with Crippen LogP contribution in [-0.4, -0.2) is 117 Å². The van der Waals surface area contributed by atoms with Gasteiger partial charge in [-0.05, 0) is 0 Å². The molecule has 0 fully saturated rings. The first-order chi connectivity index (χ1) is 23.3. The first kappa shape index (κ1) is 52.6. The summed E-state index contributed by atoms with van der Waals surface area (Å²) in [4.78, 5) is 0. The fraction of sp³-hybridized carbons (Fsp3) is 1.00. The van der Waals surface area contributed by atoms with Gasteiger partial charge in [-0.3, -0.25) is 0 Å². The van der Waals surface area contributed by atoms with E-state index < -0.39 is 119 Å². The molecule has 0 amide bonds. The third-order valence-electron chi connectivity index (χ3n) is 6.23. The van der Waals surface area contributed by atoms with E-state index in [0.29, 0.717) is 0 Å². The maximum Gasteiger partial charge on any atom is 0.400 e. The van der Waals surface area contributed by atoms with Crippen molar-refractivity contribution in [3.05, 3.63) is 0 Å². The first-order valence-corrected chi connectivity index (χ1v) is 13.0. The van der Waals surface area contributed by atoms with Crippen molar-refractivity contribution in [1.29, 1.82) is 0 Å². The van der Waals surface area contributed by atoms with Crippen molar-refractivity contribution < 1.29 is 157 Å². The molecule has 0 aromatic heterocycles. The minimum atomic E-state index is -9.11. The van der Waals surface area contributed by atoms with Crippen molar-refractivity contribution >= 4 is 10.4 Å². The molecule has 0 saturated carbocycles. The SMILES string of the molecule is O=S(=O)(OCC(F)(F)C(F)(F)C(F)(F)C(F)(F)C(F)(F)C(F)(F)C(F)(F)C(F)F)OCC(F)(F)C(F)(F)C(F)(F)C(F)(F)C(F)(F)C(F)(F)C(F)(F)C(F)F. The van der Waals surface area contributed by atoms with E-state index in [9.17, 15) is 149 Å². The quantitative estimate of drug-likeness (QED) is 0.114. The highest BCUT2D eigenvalue weighted by Gasteiger charge is 2.95. The summed E-state index contributed by atoms with van der Waals surface area (Å²) in [5.74, 6) is -120. The van der Waals surface area contributed by atoms with Gasteiger partial charge in [0, 0.05) is 0 Å². The Hall–Kier alpha value is -2.37. The Morgan fingerprint density at radius 3 is 0.655 bits per heavy atom. The maximum atomic E-state index is 13.7. The van der Waals surface area contributed by atoms with Crippen LogP contribution in [0.4, 0.5) is 140 Å². The fourth-order valence-electron chi connectivity index (χ4n) is 2.84. The van der Waals surface area contributed by atoms with Crippen LogP contribution in [0.25, 0.3) is 0 Å². The van der Waals surface area contributed by atoms with Gasteiger partial charge in [0.05, 0.1) is 0 Å². The molecule has 0 heterocycles. The Morgan fingerprint density at radius 1 is 0.309 bits per heavy atom. The molecule has 0 bridgehead atoms. The lowest BCUT2D eigenvalue weighted by Crippen LogP contribution is -2.74. The van der Waals surface area contributed by atoms with E-state index in [1.165, 1.54) is 0 Å². The molecule has 55 heavy (non-hydrogen) atoms. The molecule has 37 heteroatoms. The molecule has 0 unspecified atom stereocenters. The van der Waals surface area contributed by atoms with Crippen molar-refractivity contribution in [2.75, 3.05) is 13.2 Å². The highest BCUT2D eigenvalue weighted by atomic mass is 32.3. The van der Waals surface area contributed by atoms with Gasteiger partial charge in [0.15, 0.2) is 0 Å². The highest BCUT2D eigenvalue weighted by molar-refractivity contribution is 7.81. The molecular formula is C18H6F32O4S. The molecule has 0 radical (unpaired) electrons. The topological polar surface area (TPSA) is 52.6 Å². The van der Waals surface area contributed by atoms with E-state index in [0.717, 1.165) is 0 Å². The summed E-state index contributed by atoms with van der Waals surface area (Å²) in [5, 5.41) is 0. The molecular weight excluding hydrogens is 920 g/mol. The second-order valence-corrected chi connectivity index (χ2v) is 11.2. The average Bonchev–Trinajstić information content (AvgIpc) is 2.97. The van der Waals surface area contributed by atoms with E-state index in [4.69, 9.17) is 0 Å². The number of hydrogen-bond acceptors (Lipinski definition) is 4. The summed E-state index contributed by atoms with van der Waals surface area (Å²) in [5.41, 5.74) is 0. The van der Waals surface area contributed by atoms with Crippen LogP contribution >= 0.6 is 0 Å². The average molecular weight is 926 g/mol. The molecule has 0 aliphatic carbocycles. The Bertz CT molecular complexity index is 1360. The number of rotatable bonds is 20. The molecule has 0 spiro atoms. The molecule has 0 rings (SSSR count). The Kier molecular flexibility index (Phi) is 13.3. The van der Waals surface area contributed by atoms with Crippen LogP contribution in [0.3, 0.4) is 0 Å². The van der Waals surface area contributed by atoms with E-state index in [1.807, 2.05) is 0 Å². The van der Waals surface area contributed by atoms with E-state index in [2.05, 4.69) is 8.37 Å². The second-order valence-electron chi connectivity index (χ2n) is 9.93. The largest absolute Gasteiger partial charge is 0.400 e. The van der Waals surface area contributed by atoms with Gasteiger partial charge in [0.1, 0.15) is 13.2 Å². The molecule has 332 valence electrons. The normalized spacial score (nSPS) is 16.8. The number of halogens is 32. The zero-order valence-corrected chi connectivity index (χ0v) is 24.5. The van der Waals surface area contributed by atoms with Crippen LogP contribution in [0.5, 0.6) is 0 Å². The Labute approximate surface area is 278 Å². The second kappa shape index (κ2) is 13.9. The van der Waals surface area contributed by atoms with Gasteiger partial charge in [0.2, 0.25) is 0 Å². The molecule has 0 aliphatic heterocycles. The van der Waals surface area contributed by atoms with Gasteiger partial charge in [-0.2, -0.15) is 131 Å². The molecule has 4 nitrogen and oxygen atoms in total. The smallest absolute Gasteiger partial charge is 0.242 e. The van der Waals surface area contributed by atoms with Gasteiger partial charge < -0.3 is 0 Å². The maximum absolute atomic E-state index is 13.7. The zero-order chi connectivity index (χ0) is 45.5. The van der Waals surface area contributed by atoms with Gasteiger partial charge in [-0.25, -0.2) is 25.9 Å². The summed E-state index contributed by atoms with van der Waals surface area (Å²) in [7, 11) is -7.68. The summed E-state index contributed by atoms with van der Waals surface area (Å²) in [6.07, 6.45) is -12.5. The summed E-state index contributed by atoms with van der Waals surface area (Å²) >= 11 is 0. The van der Waals surface area contributed by atoms with Gasteiger partial charge in [0.25, 0.3) is 0 Å². The first-order valence-electron chi connectivity index (χ1n) is 11.7. The molecule has 0 saturated heterocycles. The standard InChI is InChI=1S/C18H6F32O4S/c19-3(20)7(27,28)11(35,36)15(43,44)17(47,48)13(39,40)9(31,32)5(23,24)1-53-55(51,52)54-2-6(25,26)10(33,34)14(41,42)18(49,50)16(45,46)12(37,38)8(29,30)4(21)22/h3-4H,1-2H2. The van der Waals surface area contributed by atoms with E-state index in [1.54, 1.807) is 0 Å². The third kappa shape index (κ3) is 7.34. The third-order valence-corrected chi connectivity index (χ3v) is 7.04. The summed E-state index contributed by atoms with van der Waals surface area (Å²) in [6, 6.07) is 0. The van der Waals surface area contributed by atoms with E-state index in [-0.39, 0.29) is 0 Å². The molecule has 0 atom stereocenters. The van der Waals surface area contributed by atoms with Crippen molar-refractivity contribution in [3.63, 3.8) is 0 Å². The lowest BCUT2D eigenvalue weighted by molar-refractivity contribution is -0.447. The fourth-order valence-corrected chi connectivity index (χ4v) is 3.50. The van der Waals surface area contributed by atoms with Crippen molar-refractivity contribution in [2.24, 2.45) is 0 Å². The molecule has 0 aromatic carbocycles. The van der Waals surface area contributed by atoms with Crippen molar-refractivity contribution in [1.82, 2.24) is 0 Å². The van der Waals surface area contributed by atoms with E-state index >= 15 is 0 Å². The minimum Gasteiger partial charge on any atom is -0.242 e. The molecule has 0 aliphatic rings. The lowest BCUT2D eigenvalue weighted by Gasteiger charge is -2.42.